The van der Waals surface area contributed by atoms with E-state index in [-0.39, 0.29) is 17.2 Å². The number of carbonyl (C=O) groups is 3. The Morgan fingerprint density at radius 1 is 1.29 bits per heavy atom. The van der Waals surface area contributed by atoms with E-state index in [4.69, 9.17) is 5.11 Å². The predicted octanol–water partition coefficient (Wildman–Crippen LogP) is 2.31. The van der Waals surface area contributed by atoms with Gasteiger partial charge < -0.3 is 15.4 Å². The van der Waals surface area contributed by atoms with Crippen molar-refractivity contribution in [3.8, 4) is 0 Å². The molecule has 0 atom stereocenters. The van der Waals surface area contributed by atoms with Crippen molar-refractivity contribution >= 4 is 23.3 Å². The molecule has 2 rings (SSSR count). The zero-order valence-electron chi connectivity index (χ0n) is 10.9. The summed E-state index contributed by atoms with van der Waals surface area (Å²) in [4.78, 5) is 36.7. The molecular formula is C14H11FN2O4. The predicted molar refractivity (Wildman–Crippen MR) is 72.1 cm³/mol. The van der Waals surface area contributed by atoms with E-state index in [1.54, 1.807) is 0 Å². The van der Waals surface area contributed by atoms with Crippen LogP contribution in [0.5, 0.6) is 0 Å². The summed E-state index contributed by atoms with van der Waals surface area (Å²) in [5.74, 6) is -3.33. The number of H-pyrrole nitrogens is 1. The van der Waals surface area contributed by atoms with Gasteiger partial charge in [-0.25, -0.2) is 9.18 Å². The zero-order valence-corrected chi connectivity index (χ0v) is 10.9. The van der Waals surface area contributed by atoms with Gasteiger partial charge in [0.05, 0.1) is 5.69 Å². The molecule has 0 aliphatic heterocycles. The first-order valence-corrected chi connectivity index (χ1v) is 5.92. The fourth-order valence-electron chi connectivity index (χ4n) is 1.76. The molecule has 3 N–H and O–H groups in total. The smallest absolute Gasteiger partial charge is 0.340 e. The summed E-state index contributed by atoms with van der Waals surface area (Å²) in [6, 6.07) is 4.88. The monoisotopic (exact) mass is 290 g/mol. The molecule has 0 aliphatic rings. The van der Waals surface area contributed by atoms with Gasteiger partial charge in [-0.2, -0.15) is 0 Å². The number of aromatic amines is 1. The Morgan fingerprint density at radius 3 is 2.57 bits per heavy atom. The highest BCUT2D eigenvalue weighted by Gasteiger charge is 2.18. The summed E-state index contributed by atoms with van der Waals surface area (Å²) < 4.78 is 13.5. The van der Waals surface area contributed by atoms with E-state index in [1.165, 1.54) is 31.3 Å². The van der Waals surface area contributed by atoms with Gasteiger partial charge in [-0.15, -0.1) is 0 Å². The third kappa shape index (κ3) is 2.97. The molecule has 0 saturated carbocycles. The van der Waals surface area contributed by atoms with Crippen LogP contribution >= 0.6 is 0 Å². The number of nitrogens with one attached hydrogen (secondary N) is 2. The Morgan fingerprint density at radius 2 is 2.00 bits per heavy atom. The molecule has 0 radical (unpaired) electrons. The number of carboxylic acid groups (broad SMARTS) is 1. The number of hydrogen-bond donors (Lipinski definition) is 3. The number of benzene rings is 1. The van der Waals surface area contributed by atoms with Crippen LogP contribution in [0.2, 0.25) is 0 Å². The van der Waals surface area contributed by atoms with E-state index in [0.717, 1.165) is 6.07 Å². The molecule has 0 bridgehead atoms. The number of hydrogen-bond acceptors (Lipinski definition) is 3. The van der Waals surface area contributed by atoms with Crippen LogP contribution in [0.25, 0.3) is 0 Å². The number of aromatic nitrogens is 1. The molecular weight excluding hydrogens is 279 g/mol. The summed E-state index contributed by atoms with van der Waals surface area (Å²) in [6.07, 6.45) is 1.36. The Labute approximate surface area is 118 Å². The van der Waals surface area contributed by atoms with Gasteiger partial charge in [0, 0.05) is 11.8 Å². The normalized spacial score (nSPS) is 10.2. The minimum absolute atomic E-state index is 0.0702. The van der Waals surface area contributed by atoms with Crippen molar-refractivity contribution in [2.45, 2.75) is 6.92 Å². The van der Waals surface area contributed by atoms with E-state index in [2.05, 4.69) is 10.3 Å². The molecule has 6 nitrogen and oxygen atoms in total. The number of aromatic carboxylic acids is 1. The Balaban J connectivity index is 2.29. The van der Waals surface area contributed by atoms with Gasteiger partial charge in [0.2, 0.25) is 0 Å². The van der Waals surface area contributed by atoms with Crippen molar-refractivity contribution in [2.24, 2.45) is 0 Å². The van der Waals surface area contributed by atoms with Gasteiger partial charge in [-0.05, 0) is 25.1 Å². The summed E-state index contributed by atoms with van der Waals surface area (Å²) in [5, 5.41) is 11.3. The lowest BCUT2D eigenvalue weighted by Gasteiger charge is -2.08. The van der Waals surface area contributed by atoms with Crippen LogP contribution in [0.1, 0.15) is 38.1 Å². The first-order valence-electron chi connectivity index (χ1n) is 5.92. The minimum Gasteiger partial charge on any atom is -0.478 e. The SMILES string of the molecule is CC(=O)c1c[nH]c(C(=O)Nc2cccc(F)c2C(=O)O)c1. The number of ketones is 1. The van der Waals surface area contributed by atoms with Gasteiger partial charge in [0.1, 0.15) is 17.1 Å². The molecule has 0 saturated heterocycles. The van der Waals surface area contributed by atoms with Crippen LogP contribution in [0.4, 0.5) is 10.1 Å². The molecule has 1 aromatic heterocycles. The van der Waals surface area contributed by atoms with Crippen LogP contribution in [0.15, 0.2) is 30.5 Å². The maximum Gasteiger partial charge on any atom is 0.340 e. The quantitative estimate of drug-likeness (QED) is 0.752. The molecule has 0 aliphatic carbocycles. The van der Waals surface area contributed by atoms with Crippen molar-refractivity contribution in [1.29, 1.82) is 0 Å². The lowest BCUT2D eigenvalue weighted by atomic mass is 10.1. The lowest BCUT2D eigenvalue weighted by molar-refractivity contribution is 0.0693. The fourth-order valence-corrected chi connectivity index (χ4v) is 1.76. The van der Waals surface area contributed by atoms with Crippen LogP contribution in [0, 0.1) is 5.82 Å². The van der Waals surface area contributed by atoms with E-state index >= 15 is 0 Å². The molecule has 1 amide bonds. The second kappa shape index (κ2) is 5.58. The van der Waals surface area contributed by atoms with E-state index in [0.29, 0.717) is 5.56 Å². The van der Waals surface area contributed by atoms with Crippen LogP contribution in [-0.4, -0.2) is 27.8 Å². The van der Waals surface area contributed by atoms with Crippen molar-refractivity contribution in [2.75, 3.05) is 5.32 Å². The minimum atomic E-state index is -1.49. The number of amides is 1. The first kappa shape index (κ1) is 14.4. The van der Waals surface area contributed by atoms with E-state index < -0.39 is 23.3 Å². The standard InChI is InChI=1S/C14H11FN2O4/c1-7(18)8-5-11(16-6-8)13(19)17-10-4-2-3-9(15)12(10)14(20)21/h2-6,16H,1H3,(H,17,19)(H,20,21). The summed E-state index contributed by atoms with van der Waals surface area (Å²) in [5.41, 5.74) is -0.394. The average Bonchev–Trinajstić information content (AvgIpc) is 2.88. The fraction of sp³-hybridized carbons (Fsp3) is 0.0714. The van der Waals surface area contributed by atoms with Crippen LogP contribution in [0.3, 0.4) is 0 Å². The number of carboxylic acids is 1. The molecule has 0 spiro atoms. The van der Waals surface area contributed by atoms with Crippen molar-refractivity contribution in [1.82, 2.24) is 4.98 Å². The highest BCUT2D eigenvalue weighted by molar-refractivity contribution is 6.08. The average molecular weight is 290 g/mol. The molecule has 1 heterocycles. The van der Waals surface area contributed by atoms with Crippen LogP contribution in [-0.2, 0) is 0 Å². The summed E-state index contributed by atoms with van der Waals surface area (Å²) in [7, 11) is 0. The topological polar surface area (TPSA) is 99.3 Å². The number of Topliss-reactive ketones (excluding diaryl/α,β-unsaturated/α-hetero) is 1. The molecule has 0 unspecified atom stereocenters. The third-order valence-corrected chi connectivity index (χ3v) is 2.81. The van der Waals surface area contributed by atoms with Gasteiger partial charge >= 0.3 is 5.97 Å². The molecule has 21 heavy (non-hydrogen) atoms. The molecule has 1 aromatic carbocycles. The Kier molecular flexibility index (Phi) is 3.84. The third-order valence-electron chi connectivity index (χ3n) is 2.81. The summed E-state index contributed by atoms with van der Waals surface area (Å²) in [6.45, 7) is 1.35. The van der Waals surface area contributed by atoms with Gasteiger partial charge in [0.15, 0.2) is 5.78 Å². The molecule has 2 aromatic rings. The second-order valence-corrected chi connectivity index (χ2v) is 4.28. The maximum atomic E-state index is 13.5. The van der Waals surface area contributed by atoms with Crippen LogP contribution < -0.4 is 5.32 Å². The van der Waals surface area contributed by atoms with Crippen molar-refractivity contribution in [3.05, 3.63) is 53.1 Å². The van der Waals surface area contributed by atoms with Gasteiger partial charge in [-0.3, -0.25) is 9.59 Å². The highest BCUT2D eigenvalue weighted by atomic mass is 19.1. The van der Waals surface area contributed by atoms with E-state index in [1.807, 2.05) is 0 Å². The largest absolute Gasteiger partial charge is 0.478 e. The molecule has 108 valence electrons. The number of carbonyl (C=O) groups excluding carboxylic acids is 2. The van der Waals surface area contributed by atoms with Crippen molar-refractivity contribution < 1.29 is 23.9 Å². The number of anilines is 1. The second-order valence-electron chi connectivity index (χ2n) is 4.28. The first-order chi connectivity index (χ1) is 9.90. The van der Waals surface area contributed by atoms with Crippen molar-refractivity contribution in [3.63, 3.8) is 0 Å². The number of halogens is 1. The molecule has 0 fully saturated rings. The molecule has 7 heteroatoms. The lowest BCUT2D eigenvalue weighted by Crippen LogP contribution is -2.16. The Hall–Kier alpha value is -2.96. The summed E-state index contributed by atoms with van der Waals surface area (Å²) >= 11 is 0. The highest BCUT2D eigenvalue weighted by Crippen LogP contribution is 2.20. The van der Waals surface area contributed by atoms with E-state index in [9.17, 15) is 18.8 Å². The number of rotatable bonds is 4. The maximum absolute atomic E-state index is 13.5. The Bertz CT molecular complexity index is 736. The zero-order chi connectivity index (χ0) is 15.6. The van der Waals surface area contributed by atoms with Gasteiger partial charge in [-0.1, -0.05) is 6.07 Å². The van der Waals surface area contributed by atoms with Gasteiger partial charge in [0.25, 0.3) is 5.91 Å².